The normalized spacial score (nSPS) is 40.8. The van der Waals surface area contributed by atoms with Crippen LogP contribution in [0.1, 0.15) is 59.3 Å². The van der Waals surface area contributed by atoms with Crippen molar-refractivity contribution in [3.05, 3.63) is 35.1 Å². The number of ketones is 1. The van der Waals surface area contributed by atoms with E-state index in [0.717, 1.165) is 31.4 Å². The molecule has 0 spiro atoms. The van der Waals surface area contributed by atoms with Gasteiger partial charge in [0.1, 0.15) is 12.4 Å². The van der Waals surface area contributed by atoms with Gasteiger partial charge >= 0.3 is 5.97 Å². The lowest BCUT2D eigenvalue weighted by Crippen LogP contribution is -2.48. The van der Waals surface area contributed by atoms with E-state index in [4.69, 9.17) is 9.47 Å². The van der Waals surface area contributed by atoms with Crippen molar-refractivity contribution in [2.24, 2.45) is 28.6 Å². The second kappa shape index (κ2) is 6.89. The average molecular weight is 385 g/mol. The third-order valence-corrected chi connectivity index (χ3v) is 8.33. The fourth-order valence-electron chi connectivity index (χ4n) is 6.90. The first-order chi connectivity index (χ1) is 13.3. The van der Waals surface area contributed by atoms with E-state index in [0.29, 0.717) is 17.8 Å². The molecule has 4 rings (SSSR count). The van der Waals surface area contributed by atoms with E-state index in [2.05, 4.69) is 19.9 Å². The van der Waals surface area contributed by atoms with Crippen molar-refractivity contribution in [2.75, 3.05) is 13.7 Å². The molecule has 28 heavy (non-hydrogen) atoms. The van der Waals surface area contributed by atoms with Crippen LogP contribution in [0.5, 0.6) is 0 Å². The number of fused-ring (bicyclic) bond motifs is 5. The molecule has 5 atom stereocenters. The summed E-state index contributed by atoms with van der Waals surface area (Å²) in [6.45, 7) is 6.43. The molecule has 0 N–H and O–H groups in total. The summed E-state index contributed by atoms with van der Waals surface area (Å²) >= 11 is 0. The summed E-state index contributed by atoms with van der Waals surface area (Å²) in [7, 11) is 1.69. The van der Waals surface area contributed by atoms with Crippen LogP contribution >= 0.6 is 0 Å². The maximum absolute atomic E-state index is 11.9. The Hall–Kier alpha value is -1.84. The van der Waals surface area contributed by atoms with E-state index >= 15 is 0 Å². The van der Waals surface area contributed by atoms with Crippen LogP contribution in [0, 0.1) is 28.6 Å². The summed E-state index contributed by atoms with van der Waals surface area (Å²) in [5.74, 6) is 2.64. The molecule has 4 nitrogen and oxygen atoms in total. The number of allylic oxidation sites excluding steroid dienone is 5. The zero-order chi connectivity index (χ0) is 20.1. The molecule has 3 saturated carbocycles. The van der Waals surface area contributed by atoms with E-state index in [9.17, 15) is 9.59 Å². The van der Waals surface area contributed by atoms with Gasteiger partial charge < -0.3 is 9.47 Å². The van der Waals surface area contributed by atoms with Crippen molar-refractivity contribution >= 4 is 11.8 Å². The van der Waals surface area contributed by atoms with Gasteiger partial charge in [-0.1, -0.05) is 25.5 Å². The van der Waals surface area contributed by atoms with Gasteiger partial charge in [-0.2, -0.15) is 0 Å². The second-order valence-corrected chi connectivity index (χ2v) is 9.48. The number of carbonyl (C=O) groups excluding carboxylic acids is 2. The largest absolute Gasteiger partial charge is 0.497 e. The standard InChI is InChI=1S/C24H32O4/c1-15(25)28-14-22(27-4)21-8-7-19-18-6-5-16-13-17(26)9-11-23(16,2)20(18)10-12-24(19,21)3/h9,11,13,18-20H,5-8,10,12,14H2,1-4H3/b22-21-/t18?,19?,20?,23-,24-/m0/s1. The predicted octanol–water partition coefficient (Wildman–Crippen LogP) is 4.76. The zero-order valence-corrected chi connectivity index (χ0v) is 17.5. The van der Waals surface area contributed by atoms with Crippen molar-refractivity contribution in [3.8, 4) is 0 Å². The van der Waals surface area contributed by atoms with E-state index in [1.807, 2.05) is 6.08 Å². The Morgan fingerprint density at radius 2 is 1.96 bits per heavy atom. The fraction of sp³-hybridized carbons (Fsp3) is 0.667. The van der Waals surface area contributed by atoms with Crippen LogP contribution in [-0.4, -0.2) is 25.5 Å². The molecule has 4 aliphatic rings. The highest BCUT2D eigenvalue weighted by Crippen LogP contribution is 2.66. The molecule has 0 bridgehead atoms. The van der Waals surface area contributed by atoms with E-state index in [1.165, 1.54) is 30.9 Å². The van der Waals surface area contributed by atoms with Gasteiger partial charge in [-0.05, 0) is 79.4 Å². The minimum Gasteiger partial charge on any atom is -0.497 e. The topological polar surface area (TPSA) is 52.6 Å². The number of esters is 1. The Balaban J connectivity index is 1.64. The molecule has 4 aliphatic carbocycles. The van der Waals surface area contributed by atoms with Crippen molar-refractivity contribution < 1.29 is 19.1 Å². The summed E-state index contributed by atoms with van der Waals surface area (Å²) in [4.78, 5) is 23.2. The predicted molar refractivity (Wildman–Crippen MR) is 107 cm³/mol. The number of carbonyl (C=O) groups is 2. The third-order valence-electron chi connectivity index (χ3n) is 8.33. The van der Waals surface area contributed by atoms with Crippen LogP contribution in [0.3, 0.4) is 0 Å². The average Bonchev–Trinajstić information content (AvgIpc) is 3.00. The summed E-state index contributed by atoms with van der Waals surface area (Å²) in [5, 5.41) is 0. The Kier molecular flexibility index (Phi) is 4.79. The van der Waals surface area contributed by atoms with Crippen molar-refractivity contribution in [2.45, 2.75) is 59.3 Å². The van der Waals surface area contributed by atoms with Crippen LogP contribution in [0.25, 0.3) is 0 Å². The van der Waals surface area contributed by atoms with Gasteiger partial charge in [-0.3, -0.25) is 9.59 Å². The monoisotopic (exact) mass is 384 g/mol. The van der Waals surface area contributed by atoms with Crippen molar-refractivity contribution in [1.29, 1.82) is 0 Å². The molecular weight excluding hydrogens is 352 g/mol. The van der Waals surface area contributed by atoms with E-state index < -0.39 is 0 Å². The lowest BCUT2D eigenvalue weighted by Gasteiger charge is -2.56. The van der Waals surface area contributed by atoms with Gasteiger partial charge in [0.2, 0.25) is 0 Å². The first kappa shape index (κ1) is 19.5. The molecule has 0 heterocycles. The van der Waals surface area contributed by atoms with Crippen LogP contribution < -0.4 is 0 Å². The molecule has 0 aromatic heterocycles. The number of rotatable bonds is 3. The fourth-order valence-corrected chi connectivity index (χ4v) is 6.90. The van der Waals surface area contributed by atoms with Crippen molar-refractivity contribution in [3.63, 3.8) is 0 Å². The minimum atomic E-state index is -0.267. The summed E-state index contributed by atoms with van der Waals surface area (Å²) in [6.07, 6.45) is 12.6. The van der Waals surface area contributed by atoms with Gasteiger partial charge in [0, 0.05) is 12.3 Å². The highest BCUT2D eigenvalue weighted by Gasteiger charge is 2.57. The van der Waals surface area contributed by atoms with Crippen molar-refractivity contribution in [1.82, 2.24) is 0 Å². The first-order valence-electron chi connectivity index (χ1n) is 10.6. The number of hydrogen-bond donors (Lipinski definition) is 0. The van der Waals surface area contributed by atoms with Gasteiger partial charge in [-0.15, -0.1) is 0 Å². The Morgan fingerprint density at radius 1 is 1.18 bits per heavy atom. The smallest absolute Gasteiger partial charge is 0.303 e. The Bertz CT molecular complexity index is 788. The van der Waals surface area contributed by atoms with Crippen LogP contribution in [0.4, 0.5) is 0 Å². The lowest BCUT2D eigenvalue weighted by atomic mass is 9.48. The Labute approximate surface area is 168 Å². The molecule has 0 radical (unpaired) electrons. The molecule has 0 aromatic rings. The third kappa shape index (κ3) is 2.87. The Morgan fingerprint density at radius 3 is 2.68 bits per heavy atom. The highest BCUT2D eigenvalue weighted by atomic mass is 16.6. The van der Waals surface area contributed by atoms with Crippen LogP contribution in [0.15, 0.2) is 35.1 Å². The maximum Gasteiger partial charge on any atom is 0.303 e. The number of hydrogen-bond acceptors (Lipinski definition) is 4. The quantitative estimate of drug-likeness (QED) is 0.520. The molecule has 0 aromatic carbocycles. The number of ether oxygens (including phenoxy) is 2. The summed E-state index contributed by atoms with van der Waals surface area (Å²) < 4.78 is 11.0. The number of methoxy groups -OCH3 is 1. The second-order valence-electron chi connectivity index (χ2n) is 9.48. The molecule has 4 heteroatoms. The molecule has 152 valence electrons. The molecule has 3 unspecified atom stereocenters. The SMILES string of the molecule is CO/C(COC(C)=O)=C1/CCC2C3CCC4=CC(=O)C=C[C@]4(C)C3CC[C@]12C. The molecule has 0 saturated heterocycles. The van der Waals surface area contributed by atoms with Gasteiger partial charge in [0.25, 0.3) is 0 Å². The van der Waals surface area contributed by atoms with Crippen LogP contribution in [0.2, 0.25) is 0 Å². The maximum atomic E-state index is 11.9. The first-order valence-corrected chi connectivity index (χ1v) is 10.6. The molecular formula is C24H32O4. The lowest BCUT2D eigenvalue weighted by molar-refractivity contribution is -0.140. The summed E-state index contributed by atoms with van der Waals surface area (Å²) in [6, 6.07) is 0. The van der Waals surface area contributed by atoms with Crippen LogP contribution in [-0.2, 0) is 19.1 Å². The van der Waals surface area contributed by atoms with Gasteiger partial charge in [0.15, 0.2) is 5.78 Å². The van der Waals surface area contributed by atoms with Gasteiger partial charge in [0.05, 0.1) is 7.11 Å². The minimum absolute atomic E-state index is 0.0342. The molecule has 0 amide bonds. The molecule has 3 fully saturated rings. The van der Waals surface area contributed by atoms with E-state index in [-0.39, 0.29) is 29.2 Å². The van der Waals surface area contributed by atoms with Gasteiger partial charge in [-0.25, -0.2) is 0 Å². The highest BCUT2D eigenvalue weighted by molar-refractivity contribution is 6.01. The summed E-state index contributed by atoms with van der Waals surface area (Å²) in [5.41, 5.74) is 2.86. The van der Waals surface area contributed by atoms with E-state index in [1.54, 1.807) is 13.2 Å². The molecule has 0 aliphatic heterocycles. The zero-order valence-electron chi connectivity index (χ0n) is 17.5.